The molecule has 0 saturated heterocycles. The Kier molecular flexibility index (Phi) is 4.65. The third-order valence-electron chi connectivity index (χ3n) is 3.10. The summed E-state index contributed by atoms with van der Waals surface area (Å²) >= 11 is 2.41. The van der Waals surface area contributed by atoms with Gasteiger partial charge in [0.1, 0.15) is 0 Å². The Morgan fingerprint density at radius 1 is 1.44 bits per heavy atom. The predicted molar refractivity (Wildman–Crippen MR) is 76.1 cm³/mol. The number of benzene rings is 1. The van der Waals surface area contributed by atoms with Crippen molar-refractivity contribution in [2.45, 2.75) is 32.3 Å². The fraction of sp³-hybridized carbons (Fsp3) is 0.571. The van der Waals surface area contributed by atoms with E-state index >= 15 is 0 Å². The number of halogens is 1. The molecule has 1 saturated carbocycles. The van der Waals surface area contributed by atoms with Crippen molar-refractivity contribution >= 4 is 22.6 Å². The van der Waals surface area contributed by atoms with Gasteiger partial charge in [-0.1, -0.05) is 65.3 Å². The number of ether oxygens (including phenoxy) is 1. The van der Waals surface area contributed by atoms with Crippen molar-refractivity contribution in [1.82, 2.24) is 0 Å². The molecule has 0 aliphatic heterocycles. The highest BCUT2D eigenvalue weighted by Crippen LogP contribution is 2.33. The number of hydrogen-bond acceptors (Lipinski definition) is 1. The van der Waals surface area contributed by atoms with Gasteiger partial charge in [0.15, 0.2) is 0 Å². The lowest BCUT2D eigenvalue weighted by atomic mass is 10.1. The van der Waals surface area contributed by atoms with Gasteiger partial charge < -0.3 is 4.74 Å². The molecule has 1 aromatic carbocycles. The number of hydrogen-bond donors (Lipinski definition) is 0. The van der Waals surface area contributed by atoms with E-state index in [1.807, 2.05) is 0 Å². The van der Waals surface area contributed by atoms with Crippen molar-refractivity contribution < 1.29 is 4.74 Å². The van der Waals surface area contributed by atoms with E-state index in [-0.39, 0.29) is 6.10 Å². The molecule has 1 aliphatic rings. The van der Waals surface area contributed by atoms with Gasteiger partial charge in [-0.2, -0.15) is 0 Å². The molecule has 2 rings (SSSR count). The quantitative estimate of drug-likeness (QED) is 0.559. The Hall–Kier alpha value is -0.0900. The Morgan fingerprint density at radius 2 is 2.25 bits per heavy atom. The molecule has 88 valence electrons. The van der Waals surface area contributed by atoms with Crippen molar-refractivity contribution in [2.24, 2.45) is 5.92 Å². The summed E-state index contributed by atoms with van der Waals surface area (Å²) in [6, 6.07) is 8.67. The highest BCUT2D eigenvalue weighted by molar-refractivity contribution is 14.1. The maximum Gasteiger partial charge on any atom is 0.0914 e. The number of rotatable bonds is 6. The average molecular weight is 330 g/mol. The Balaban J connectivity index is 1.87. The second-order valence-electron chi connectivity index (χ2n) is 4.66. The van der Waals surface area contributed by atoms with E-state index in [1.54, 1.807) is 0 Å². The van der Waals surface area contributed by atoms with Gasteiger partial charge in [0.2, 0.25) is 0 Å². The van der Waals surface area contributed by atoms with Crippen LogP contribution in [0.5, 0.6) is 0 Å². The molecule has 1 nitrogen and oxygen atoms in total. The zero-order valence-corrected chi connectivity index (χ0v) is 11.9. The van der Waals surface area contributed by atoms with Gasteiger partial charge in [-0.3, -0.25) is 0 Å². The lowest BCUT2D eigenvalue weighted by molar-refractivity contribution is 0.0665. The minimum absolute atomic E-state index is 0.277. The monoisotopic (exact) mass is 330 g/mol. The van der Waals surface area contributed by atoms with E-state index in [0.717, 1.165) is 17.0 Å². The van der Waals surface area contributed by atoms with E-state index in [0.29, 0.717) is 0 Å². The Morgan fingerprint density at radius 3 is 2.88 bits per heavy atom. The normalized spacial score (nSPS) is 17.4. The van der Waals surface area contributed by atoms with E-state index in [9.17, 15) is 0 Å². The van der Waals surface area contributed by atoms with Crippen LogP contribution in [0.2, 0.25) is 0 Å². The maximum atomic E-state index is 5.98. The molecular formula is C14H19IO. The molecule has 0 bridgehead atoms. The zero-order valence-electron chi connectivity index (χ0n) is 9.79. The molecule has 1 aliphatic carbocycles. The first kappa shape index (κ1) is 12.4. The predicted octanol–water partition coefficient (Wildman–Crippen LogP) is 4.29. The second-order valence-corrected chi connectivity index (χ2v) is 5.54. The molecule has 1 unspecified atom stereocenters. The fourth-order valence-corrected chi connectivity index (χ4v) is 2.65. The first-order valence-corrected chi connectivity index (χ1v) is 7.56. The SMILES string of the molecule is Cc1cccc(C(CI)OCCC2CC2)c1. The van der Waals surface area contributed by atoms with Crippen LogP contribution in [-0.4, -0.2) is 11.0 Å². The molecular weight excluding hydrogens is 311 g/mol. The summed E-state index contributed by atoms with van der Waals surface area (Å²) in [6.45, 7) is 3.06. The van der Waals surface area contributed by atoms with Crippen LogP contribution in [0.4, 0.5) is 0 Å². The minimum Gasteiger partial charge on any atom is -0.373 e. The van der Waals surface area contributed by atoms with Gasteiger partial charge in [0, 0.05) is 11.0 Å². The first-order valence-electron chi connectivity index (χ1n) is 6.03. The number of alkyl halides is 1. The largest absolute Gasteiger partial charge is 0.373 e. The molecule has 0 aromatic heterocycles. The molecule has 0 N–H and O–H groups in total. The van der Waals surface area contributed by atoms with Crippen LogP contribution >= 0.6 is 22.6 Å². The van der Waals surface area contributed by atoms with Crippen molar-refractivity contribution in [1.29, 1.82) is 0 Å². The van der Waals surface area contributed by atoms with Gasteiger partial charge in [0.25, 0.3) is 0 Å². The number of aryl methyl sites for hydroxylation is 1. The van der Waals surface area contributed by atoms with Gasteiger partial charge in [-0.25, -0.2) is 0 Å². The standard InChI is InChI=1S/C14H19IO/c1-11-3-2-4-13(9-11)14(10-15)16-8-7-12-5-6-12/h2-4,9,12,14H,5-8,10H2,1H3. The van der Waals surface area contributed by atoms with Crippen molar-refractivity contribution in [3.63, 3.8) is 0 Å². The van der Waals surface area contributed by atoms with Crippen LogP contribution in [0.3, 0.4) is 0 Å². The lowest BCUT2D eigenvalue weighted by Crippen LogP contribution is -2.07. The Labute approximate surface area is 112 Å². The van der Waals surface area contributed by atoms with E-state index in [2.05, 4.69) is 53.8 Å². The summed E-state index contributed by atoms with van der Waals surface area (Å²) in [5, 5.41) is 0. The summed E-state index contributed by atoms with van der Waals surface area (Å²) in [4.78, 5) is 0. The second kappa shape index (κ2) is 6.01. The smallest absolute Gasteiger partial charge is 0.0914 e. The van der Waals surface area contributed by atoms with Crippen LogP contribution in [0, 0.1) is 12.8 Å². The minimum atomic E-state index is 0.277. The zero-order chi connectivity index (χ0) is 11.4. The average Bonchev–Trinajstić information content (AvgIpc) is 3.08. The third-order valence-corrected chi connectivity index (χ3v) is 3.90. The van der Waals surface area contributed by atoms with Gasteiger partial charge >= 0.3 is 0 Å². The van der Waals surface area contributed by atoms with Crippen LogP contribution in [0.15, 0.2) is 24.3 Å². The molecule has 0 heterocycles. The summed E-state index contributed by atoms with van der Waals surface area (Å²) in [5.41, 5.74) is 2.64. The molecule has 1 atom stereocenters. The molecule has 0 spiro atoms. The van der Waals surface area contributed by atoms with Crippen LogP contribution in [-0.2, 0) is 4.74 Å². The first-order chi connectivity index (χ1) is 7.79. The maximum absolute atomic E-state index is 5.98. The fourth-order valence-electron chi connectivity index (χ4n) is 1.88. The highest BCUT2D eigenvalue weighted by Gasteiger charge is 2.21. The van der Waals surface area contributed by atoms with Gasteiger partial charge in [-0.15, -0.1) is 0 Å². The van der Waals surface area contributed by atoms with E-state index in [4.69, 9.17) is 4.74 Å². The van der Waals surface area contributed by atoms with Gasteiger partial charge in [0.05, 0.1) is 6.10 Å². The molecule has 1 fully saturated rings. The molecule has 0 radical (unpaired) electrons. The van der Waals surface area contributed by atoms with Crippen molar-refractivity contribution in [3.8, 4) is 0 Å². The van der Waals surface area contributed by atoms with Crippen molar-refractivity contribution in [2.75, 3.05) is 11.0 Å². The van der Waals surface area contributed by atoms with Crippen molar-refractivity contribution in [3.05, 3.63) is 35.4 Å². The molecule has 16 heavy (non-hydrogen) atoms. The van der Waals surface area contributed by atoms with Crippen LogP contribution in [0.1, 0.15) is 36.5 Å². The van der Waals surface area contributed by atoms with E-state index in [1.165, 1.54) is 30.4 Å². The van der Waals surface area contributed by atoms with Crippen LogP contribution < -0.4 is 0 Å². The third kappa shape index (κ3) is 3.74. The van der Waals surface area contributed by atoms with E-state index < -0.39 is 0 Å². The molecule has 1 aromatic rings. The summed E-state index contributed by atoms with van der Waals surface area (Å²) < 4.78 is 7.01. The van der Waals surface area contributed by atoms with Crippen LogP contribution in [0.25, 0.3) is 0 Å². The van der Waals surface area contributed by atoms with Gasteiger partial charge in [-0.05, 0) is 24.8 Å². The molecule has 2 heteroatoms. The molecule has 0 amide bonds. The summed E-state index contributed by atoms with van der Waals surface area (Å²) in [5.74, 6) is 0.965. The highest BCUT2D eigenvalue weighted by atomic mass is 127. The topological polar surface area (TPSA) is 9.23 Å². The summed E-state index contributed by atoms with van der Waals surface area (Å²) in [7, 11) is 0. The summed E-state index contributed by atoms with van der Waals surface area (Å²) in [6.07, 6.45) is 4.36. The Bertz CT molecular complexity index is 333. The lowest BCUT2D eigenvalue weighted by Gasteiger charge is -2.16.